The van der Waals surface area contributed by atoms with Crippen LogP contribution in [0, 0.1) is 0 Å². The third-order valence-electron chi connectivity index (χ3n) is 2.42. The van der Waals surface area contributed by atoms with Crippen molar-refractivity contribution in [3.63, 3.8) is 0 Å². The minimum absolute atomic E-state index is 0.254. The number of rotatable bonds is 6. The highest BCUT2D eigenvalue weighted by molar-refractivity contribution is 6.23. The zero-order chi connectivity index (χ0) is 15.7. The molecule has 1 atom stereocenters. The van der Waals surface area contributed by atoms with Gasteiger partial charge in [0, 0.05) is 11.7 Å². The third-order valence-corrected chi connectivity index (χ3v) is 2.42. The molecule has 0 fully saturated rings. The molecule has 0 saturated heterocycles. The van der Waals surface area contributed by atoms with E-state index in [0.717, 1.165) is 0 Å². The van der Waals surface area contributed by atoms with Crippen molar-refractivity contribution >= 4 is 17.9 Å². The second-order valence-corrected chi connectivity index (χ2v) is 4.06. The highest BCUT2D eigenvalue weighted by Gasteiger charge is 2.15. The molecular weight excluding hydrogens is 272 g/mol. The van der Waals surface area contributed by atoms with Crippen molar-refractivity contribution in [3.8, 4) is 0 Å². The molecule has 110 valence electrons. The van der Waals surface area contributed by atoms with Crippen LogP contribution in [-0.2, 0) is 14.3 Å². The van der Waals surface area contributed by atoms with E-state index in [1.165, 1.54) is 7.11 Å². The molecule has 6 nitrogen and oxygen atoms in total. The van der Waals surface area contributed by atoms with Gasteiger partial charge >= 0.3 is 12.2 Å². The fourth-order valence-electron chi connectivity index (χ4n) is 1.43. The molecular formula is C15H16N2O4. The summed E-state index contributed by atoms with van der Waals surface area (Å²) < 4.78 is 9.58. The minimum Gasteiger partial charge on any atom is -0.609 e. The van der Waals surface area contributed by atoms with Crippen molar-refractivity contribution in [2.24, 2.45) is 10.2 Å². The highest BCUT2D eigenvalue weighted by Crippen LogP contribution is 2.14. The molecule has 0 aromatic carbocycles. The van der Waals surface area contributed by atoms with E-state index in [1.807, 2.05) is 6.21 Å². The number of esters is 1. The molecule has 0 saturated carbocycles. The molecule has 1 aliphatic carbocycles. The molecule has 6 heteroatoms. The van der Waals surface area contributed by atoms with Gasteiger partial charge in [-0.05, 0) is 12.5 Å². The number of allylic oxidation sites excluding steroid dienone is 5. The van der Waals surface area contributed by atoms with Crippen LogP contribution >= 0.6 is 0 Å². The van der Waals surface area contributed by atoms with E-state index in [1.54, 1.807) is 37.3 Å². The summed E-state index contributed by atoms with van der Waals surface area (Å²) >= 11 is 0. The van der Waals surface area contributed by atoms with E-state index >= 15 is 0 Å². The molecule has 1 unspecified atom stereocenters. The number of hydrogen-bond acceptors (Lipinski definition) is 6. The molecule has 0 N–H and O–H groups in total. The minimum atomic E-state index is -0.751. The molecule has 0 amide bonds. The van der Waals surface area contributed by atoms with E-state index in [0.29, 0.717) is 6.42 Å². The number of carbonyl (C=O) groups is 1. The Labute approximate surface area is 123 Å². The summed E-state index contributed by atoms with van der Waals surface area (Å²) in [7, 11) is 1.21. The molecule has 0 aliphatic heterocycles. The molecule has 21 heavy (non-hydrogen) atoms. The van der Waals surface area contributed by atoms with Gasteiger partial charge in [-0.25, -0.2) is 0 Å². The van der Waals surface area contributed by atoms with Crippen LogP contribution in [0.4, 0.5) is 0 Å². The Morgan fingerprint density at radius 3 is 2.90 bits per heavy atom. The Morgan fingerprint density at radius 2 is 2.24 bits per heavy atom. The zero-order valence-corrected chi connectivity index (χ0v) is 11.9. The summed E-state index contributed by atoms with van der Waals surface area (Å²) in [5.41, 5.74) is 0.536. The number of nitrogens with zero attached hydrogens (tertiary/aromatic N) is 2. The predicted molar refractivity (Wildman–Crippen MR) is 77.6 cm³/mol. The lowest BCUT2D eigenvalue weighted by molar-refractivity contribution is -0.363. The lowest BCUT2D eigenvalue weighted by Gasteiger charge is -2.24. The summed E-state index contributed by atoms with van der Waals surface area (Å²) in [4.78, 5) is 10.9. The molecule has 0 aromatic rings. The van der Waals surface area contributed by atoms with Crippen LogP contribution < -0.4 is 5.11 Å². The van der Waals surface area contributed by atoms with E-state index in [2.05, 4.69) is 21.5 Å². The van der Waals surface area contributed by atoms with Gasteiger partial charge < -0.3 is 14.6 Å². The fraction of sp³-hybridized carbons (Fsp3) is 0.267. The van der Waals surface area contributed by atoms with Crippen molar-refractivity contribution in [3.05, 3.63) is 48.5 Å². The average molecular weight is 288 g/mol. The van der Waals surface area contributed by atoms with Gasteiger partial charge in [-0.1, -0.05) is 36.3 Å². The first-order chi connectivity index (χ1) is 10.1. The van der Waals surface area contributed by atoms with Crippen LogP contribution in [0.15, 0.2) is 58.7 Å². The van der Waals surface area contributed by atoms with Gasteiger partial charge in [0.05, 0.1) is 18.8 Å². The maximum Gasteiger partial charge on any atom is 0.619 e. The Morgan fingerprint density at radius 1 is 1.52 bits per heavy atom. The largest absolute Gasteiger partial charge is 0.619 e. The van der Waals surface area contributed by atoms with Gasteiger partial charge in [-0.3, -0.25) is 0 Å². The molecule has 0 aromatic heterocycles. The number of hydrogen-bond donors (Lipinski definition) is 0. The third kappa shape index (κ3) is 5.42. The van der Waals surface area contributed by atoms with Crippen molar-refractivity contribution < 1.29 is 19.4 Å². The van der Waals surface area contributed by atoms with Crippen molar-refractivity contribution in [2.45, 2.75) is 19.4 Å². The van der Waals surface area contributed by atoms with Gasteiger partial charge in [-0.15, -0.1) is 6.58 Å². The maximum absolute atomic E-state index is 12.0. The van der Waals surface area contributed by atoms with Crippen molar-refractivity contribution in [2.75, 3.05) is 7.11 Å². The highest BCUT2D eigenvalue weighted by atomic mass is 16.6. The fourth-order valence-corrected chi connectivity index (χ4v) is 1.43. The van der Waals surface area contributed by atoms with Gasteiger partial charge in [0.2, 0.25) is 0 Å². The van der Waals surface area contributed by atoms with E-state index in [4.69, 9.17) is 4.74 Å². The Bertz CT molecular complexity index is 542. The summed E-state index contributed by atoms with van der Waals surface area (Å²) in [6, 6.07) is 0. The van der Waals surface area contributed by atoms with Gasteiger partial charge in [0.25, 0.3) is 0 Å². The predicted octanol–water partition coefficient (Wildman–Crippen LogP) is 1.14. The van der Waals surface area contributed by atoms with Crippen molar-refractivity contribution in [1.82, 2.24) is 0 Å². The molecule has 0 spiro atoms. The van der Waals surface area contributed by atoms with Crippen LogP contribution in [0.1, 0.15) is 13.3 Å². The monoisotopic (exact) mass is 288 g/mol. The SMILES string of the molecule is C=CCC(C)O/C([O-])=C1/C=CC=C/C1=N\N=[C+]C(=O)OC. The maximum atomic E-state index is 12.0. The first kappa shape index (κ1) is 16.3. The standard InChI is InChI=1S/C15H16N2O4/c1-4-7-11(2)21-15(19)12-8-5-6-9-13(12)17-16-10-14(18)20-3/h4-6,8-9,11H,1,7H2,2-3H3. The summed E-state index contributed by atoms with van der Waals surface area (Å²) in [5, 5.41) is 19.2. The Hall–Kier alpha value is -2.72. The second-order valence-electron chi connectivity index (χ2n) is 4.06. The van der Waals surface area contributed by atoms with Crippen LogP contribution in [0.5, 0.6) is 0 Å². The van der Waals surface area contributed by atoms with Crippen molar-refractivity contribution in [1.29, 1.82) is 0 Å². The normalized spacial score (nSPS) is 19.2. The van der Waals surface area contributed by atoms with E-state index in [9.17, 15) is 9.90 Å². The zero-order valence-electron chi connectivity index (χ0n) is 11.9. The molecule has 0 radical (unpaired) electrons. The van der Waals surface area contributed by atoms with E-state index in [-0.39, 0.29) is 17.4 Å². The summed E-state index contributed by atoms with van der Waals surface area (Å²) in [5.74, 6) is -1.27. The topological polar surface area (TPSA) is 83.3 Å². The quantitative estimate of drug-likeness (QED) is 0.183. The van der Waals surface area contributed by atoms with Gasteiger partial charge in [0.1, 0.15) is 5.10 Å². The first-order valence-electron chi connectivity index (χ1n) is 6.24. The smallest absolute Gasteiger partial charge is 0.609 e. The molecule has 1 aliphatic rings. The van der Waals surface area contributed by atoms with Crippen LogP contribution in [0.2, 0.25) is 0 Å². The lowest BCUT2D eigenvalue weighted by Crippen LogP contribution is -2.20. The van der Waals surface area contributed by atoms with Gasteiger partial charge in [-0.2, -0.15) is 4.79 Å². The number of methoxy groups -OCH3 is 1. The van der Waals surface area contributed by atoms with Crippen LogP contribution in [-0.4, -0.2) is 31.1 Å². The summed E-state index contributed by atoms with van der Waals surface area (Å²) in [6.07, 6.45) is 10.5. The summed E-state index contributed by atoms with van der Waals surface area (Å²) in [6.45, 7) is 5.35. The molecule has 0 bridgehead atoms. The number of carbonyl (C=O) groups excluding carboxylic acids is 1. The first-order valence-corrected chi connectivity index (χ1v) is 6.24. The van der Waals surface area contributed by atoms with Crippen LogP contribution in [0.25, 0.3) is 0 Å². The average Bonchev–Trinajstić information content (AvgIpc) is 2.47. The second kappa shape index (κ2) is 8.45. The van der Waals surface area contributed by atoms with E-state index < -0.39 is 11.9 Å². The molecule has 0 heterocycles. The van der Waals surface area contributed by atoms with Crippen LogP contribution in [0.3, 0.4) is 0 Å². The number of ether oxygens (including phenoxy) is 2. The van der Waals surface area contributed by atoms with Gasteiger partial charge in [0.15, 0.2) is 0 Å². The Kier molecular flexibility index (Phi) is 6.57. The molecule has 1 rings (SSSR count). The Balaban J connectivity index is 2.91. The lowest BCUT2D eigenvalue weighted by atomic mass is 10.1.